The number of aromatic hydroxyl groups is 1. The number of nitrogens with one attached hydrogen (secondary N) is 3. The molecule has 3 aromatic rings. The number of phenols is 1. The average molecular weight is 491 g/mol. The number of ether oxygens (including phenoxy) is 1. The Balaban J connectivity index is 0.000000346. The van der Waals surface area contributed by atoms with Gasteiger partial charge in [0.1, 0.15) is 29.4 Å². The molecular formula is C27H30N4O5. The van der Waals surface area contributed by atoms with E-state index >= 15 is 0 Å². The molecule has 0 radical (unpaired) electrons. The van der Waals surface area contributed by atoms with Gasteiger partial charge in [0.15, 0.2) is 0 Å². The van der Waals surface area contributed by atoms with E-state index in [1.54, 1.807) is 43.3 Å². The van der Waals surface area contributed by atoms with Crippen molar-refractivity contribution in [3.05, 3.63) is 95.1 Å². The van der Waals surface area contributed by atoms with E-state index in [2.05, 4.69) is 15.4 Å². The van der Waals surface area contributed by atoms with E-state index in [0.717, 1.165) is 11.3 Å². The molecule has 3 aromatic carbocycles. The molecule has 6 N–H and O–H groups in total. The van der Waals surface area contributed by atoms with Crippen molar-refractivity contribution in [1.82, 2.24) is 5.32 Å². The highest BCUT2D eigenvalue weighted by Gasteiger charge is 2.22. The maximum absolute atomic E-state index is 12.4. The zero-order valence-corrected chi connectivity index (χ0v) is 20.3. The number of phenolic OH excluding ortho intramolecular Hbond substituents is 1. The van der Waals surface area contributed by atoms with Gasteiger partial charge in [0.05, 0.1) is 13.2 Å². The van der Waals surface area contributed by atoms with Crippen molar-refractivity contribution < 1.29 is 24.2 Å². The minimum Gasteiger partial charge on any atom is -0.507 e. The normalized spacial score (nSPS) is 11.6. The quantitative estimate of drug-likeness (QED) is 0.107. The van der Waals surface area contributed by atoms with Gasteiger partial charge in [-0.3, -0.25) is 10.2 Å². The SMILES string of the molecule is CNc1ccc(C(=N)N)cc1.COC(=O)c1cc(C(C)NC(=O)C(C=O)c2ccccc2)ccc1O. The summed E-state index contributed by atoms with van der Waals surface area (Å²) in [7, 11) is 3.07. The molecule has 0 aliphatic carbocycles. The number of hydrogen-bond acceptors (Lipinski definition) is 7. The summed E-state index contributed by atoms with van der Waals surface area (Å²) in [4.78, 5) is 35.4. The predicted molar refractivity (Wildman–Crippen MR) is 138 cm³/mol. The van der Waals surface area contributed by atoms with Crippen molar-refractivity contribution in [1.29, 1.82) is 5.41 Å². The van der Waals surface area contributed by atoms with Gasteiger partial charge < -0.3 is 31.0 Å². The van der Waals surface area contributed by atoms with Crippen molar-refractivity contribution in [2.45, 2.75) is 18.9 Å². The van der Waals surface area contributed by atoms with E-state index < -0.39 is 23.8 Å². The van der Waals surface area contributed by atoms with Crippen molar-refractivity contribution >= 4 is 29.7 Å². The van der Waals surface area contributed by atoms with Crippen molar-refractivity contribution in [3.8, 4) is 5.75 Å². The van der Waals surface area contributed by atoms with Gasteiger partial charge in [-0.25, -0.2) is 4.79 Å². The molecule has 188 valence electrons. The number of rotatable bonds is 8. The van der Waals surface area contributed by atoms with Gasteiger partial charge in [0.25, 0.3) is 0 Å². The van der Waals surface area contributed by atoms with Crippen LogP contribution < -0.4 is 16.4 Å². The van der Waals surface area contributed by atoms with E-state index in [0.29, 0.717) is 17.4 Å². The number of aldehydes is 1. The van der Waals surface area contributed by atoms with Gasteiger partial charge in [-0.2, -0.15) is 0 Å². The molecule has 2 atom stereocenters. The fourth-order valence-electron chi connectivity index (χ4n) is 3.25. The third-order valence-electron chi connectivity index (χ3n) is 5.35. The van der Waals surface area contributed by atoms with Gasteiger partial charge in [-0.1, -0.05) is 36.4 Å². The zero-order chi connectivity index (χ0) is 26.7. The Labute approximate surface area is 209 Å². The topological polar surface area (TPSA) is 155 Å². The molecule has 9 heteroatoms. The third kappa shape index (κ3) is 7.42. The highest BCUT2D eigenvalue weighted by molar-refractivity contribution is 5.98. The second-order valence-corrected chi connectivity index (χ2v) is 7.76. The average Bonchev–Trinajstić information content (AvgIpc) is 2.89. The van der Waals surface area contributed by atoms with Crippen molar-refractivity contribution in [2.75, 3.05) is 19.5 Å². The molecule has 0 saturated heterocycles. The van der Waals surface area contributed by atoms with Crippen LogP contribution in [0.1, 0.15) is 45.9 Å². The molecular weight excluding hydrogens is 460 g/mol. The van der Waals surface area contributed by atoms with Crippen LogP contribution in [0.2, 0.25) is 0 Å². The van der Waals surface area contributed by atoms with Crippen LogP contribution in [0.3, 0.4) is 0 Å². The molecule has 0 bridgehead atoms. The van der Waals surface area contributed by atoms with Crippen LogP contribution in [0, 0.1) is 5.41 Å². The lowest BCUT2D eigenvalue weighted by Crippen LogP contribution is -2.32. The summed E-state index contributed by atoms with van der Waals surface area (Å²) in [6.07, 6.45) is 0.591. The molecule has 0 spiro atoms. The standard InChI is InChI=1S/C19H19NO5.C8H11N3/c1-12(14-8-9-17(22)15(10-14)19(24)25-2)20-18(23)16(11-21)13-6-4-3-5-7-13;1-11-7-4-2-6(3-5-7)8(9)10/h3-12,16,22H,1-2H3,(H,20,23);2-5,11H,1H3,(H3,9,10). The first-order chi connectivity index (χ1) is 17.2. The first kappa shape index (κ1) is 27.6. The smallest absolute Gasteiger partial charge is 0.341 e. The molecule has 36 heavy (non-hydrogen) atoms. The summed E-state index contributed by atoms with van der Waals surface area (Å²) in [5.74, 6) is -2.13. The minimum absolute atomic E-state index is 0.0103. The molecule has 1 amide bonds. The lowest BCUT2D eigenvalue weighted by molar-refractivity contribution is -0.126. The number of hydrogen-bond donors (Lipinski definition) is 5. The van der Waals surface area contributed by atoms with Crippen molar-refractivity contribution in [2.24, 2.45) is 5.73 Å². The molecule has 0 aliphatic heterocycles. The van der Waals surface area contributed by atoms with E-state index in [9.17, 15) is 19.5 Å². The largest absolute Gasteiger partial charge is 0.507 e. The number of benzene rings is 3. The van der Waals surface area contributed by atoms with E-state index in [1.807, 2.05) is 31.3 Å². The van der Waals surface area contributed by atoms with Gasteiger partial charge in [-0.05, 0) is 54.4 Å². The van der Waals surface area contributed by atoms with Crippen LogP contribution in [0.25, 0.3) is 0 Å². The zero-order valence-electron chi connectivity index (χ0n) is 20.3. The molecule has 0 aromatic heterocycles. The lowest BCUT2D eigenvalue weighted by atomic mass is 9.98. The molecule has 0 aliphatic rings. The first-order valence-corrected chi connectivity index (χ1v) is 11.1. The van der Waals surface area contributed by atoms with Gasteiger partial charge >= 0.3 is 5.97 Å². The molecule has 0 fully saturated rings. The lowest BCUT2D eigenvalue weighted by Gasteiger charge is -2.18. The number of amides is 1. The van der Waals surface area contributed by atoms with Crippen LogP contribution in [-0.4, -0.2) is 43.3 Å². The number of nitrogens with two attached hydrogens (primary N) is 1. The molecule has 2 unspecified atom stereocenters. The van der Waals surface area contributed by atoms with Crippen LogP contribution in [-0.2, 0) is 14.3 Å². The number of amidine groups is 1. The summed E-state index contributed by atoms with van der Waals surface area (Å²) < 4.78 is 4.61. The minimum atomic E-state index is -0.916. The fourth-order valence-corrected chi connectivity index (χ4v) is 3.25. The molecule has 0 heterocycles. The Morgan fingerprint density at radius 1 is 1.03 bits per heavy atom. The Kier molecular flexibility index (Phi) is 10.2. The highest BCUT2D eigenvalue weighted by Crippen LogP contribution is 2.24. The highest BCUT2D eigenvalue weighted by atomic mass is 16.5. The second-order valence-electron chi connectivity index (χ2n) is 7.76. The Hall–Kier alpha value is -4.66. The number of esters is 1. The van der Waals surface area contributed by atoms with Gasteiger partial charge in [0.2, 0.25) is 5.91 Å². The maximum atomic E-state index is 12.4. The van der Waals surface area contributed by atoms with E-state index in [1.165, 1.54) is 19.2 Å². The summed E-state index contributed by atoms with van der Waals surface area (Å²) in [5, 5.41) is 22.6. The van der Waals surface area contributed by atoms with Crippen LogP contribution in [0.15, 0.2) is 72.8 Å². The summed E-state index contributed by atoms with van der Waals surface area (Å²) in [6.45, 7) is 1.72. The number of methoxy groups -OCH3 is 1. The molecule has 9 nitrogen and oxygen atoms in total. The van der Waals surface area contributed by atoms with E-state index in [4.69, 9.17) is 11.1 Å². The summed E-state index contributed by atoms with van der Waals surface area (Å²) in [6, 6.07) is 20.1. The molecule has 0 saturated carbocycles. The Bertz CT molecular complexity index is 1200. The third-order valence-corrected chi connectivity index (χ3v) is 5.35. The number of nitrogen functional groups attached to an aromatic ring is 1. The number of carbonyl (C=O) groups excluding carboxylic acids is 3. The fraction of sp³-hybridized carbons (Fsp3) is 0.185. The number of carbonyl (C=O) groups is 3. The summed E-state index contributed by atoms with van der Waals surface area (Å²) >= 11 is 0. The van der Waals surface area contributed by atoms with Crippen LogP contribution in [0.4, 0.5) is 5.69 Å². The summed E-state index contributed by atoms with van der Waals surface area (Å²) in [5.41, 5.74) is 8.26. The predicted octanol–water partition coefficient (Wildman–Crippen LogP) is 3.35. The monoisotopic (exact) mass is 490 g/mol. The van der Waals surface area contributed by atoms with Crippen LogP contribution >= 0.6 is 0 Å². The van der Waals surface area contributed by atoms with Crippen LogP contribution in [0.5, 0.6) is 5.75 Å². The van der Waals surface area contributed by atoms with E-state index in [-0.39, 0.29) is 17.1 Å². The van der Waals surface area contributed by atoms with Crippen molar-refractivity contribution in [3.63, 3.8) is 0 Å². The van der Waals surface area contributed by atoms with Gasteiger partial charge in [-0.15, -0.1) is 0 Å². The second kappa shape index (κ2) is 13.3. The number of anilines is 1. The Morgan fingerprint density at radius 3 is 2.19 bits per heavy atom. The maximum Gasteiger partial charge on any atom is 0.341 e. The molecule has 3 rings (SSSR count). The Morgan fingerprint density at radius 2 is 1.67 bits per heavy atom. The van der Waals surface area contributed by atoms with Gasteiger partial charge in [0, 0.05) is 18.3 Å². The first-order valence-electron chi connectivity index (χ1n) is 11.1.